The summed E-state index contributed by atoms with van der Waals surface area (Å²) < 4.78 is 25.9. The molecule has 160 valence electrons. The first-order valence-electron chi connectivity index (χ1n) is 10.1. The number of benzene rings is 1. The van der Waals surface area contributed by atoms with Crippen molar-refractivity contribution in [1.29, 1.82) is 0 Å². The minimum absolute atomic E-state index is 0.0524. The Balaban J connectivity index is 1.37. The van der Waals surface area contributed by atoms with E-state index >= 15 is 0 Å². The molecule has 0 saturated carbocycles. The number of likely N-dealkylation sites (tertiary alicyclic amines) is 1. The van der Waals surface area contributed by atoms with Crippen LogP contribution in [-0.2, 0) is 9.53 Å². The SMILES string of the molecule is COc1ccc(C(=O)N2CCC(n3nccc3NC(=O)[C@@H]3CCOC3)CC2)cc1F. The van der Waals surface area contributed by atoms with Crippen molar-refractivity contribution in [2.45, 2.75) is 25.3 Å². The Bertz CT molecular complexity index is 917. The number of carbonyl (C=O) groups excluding carboxylic acids is 2. The largest absolute Gasteiger partial charge is 0.494 e. The number of rotatable bonds is 5. The van der Waals surface area contributed by atoms with Crippen molar-refractivity contribution >= 4 is 17.6 Å². The minimum atomic E-state index is -0.553. The van der Waals surface area contributed by atoms with Crippen LogP contribution >= 0.6 is 0 Å². The van der Waals surface area contributed by atoms with Gasteiger partial charge in [-0.15, -0.1) is 0 Å². The number of ether oxygens (including phenoxy) is 2. The monoisotopic (exact) mass is 416 g/mol. The minimum Gasteiger partial charge on any atom is -0.494 e. The second kappa shape index (κ2) is 8.83. The van der Waals surface area contributed by atoms with E-state index in [-0.39, 0.29) is 29.5 Å². The predicted molar refractivity (Wildman–Crippen MR) is 107 cm³/mol. The fourth-order valence-electron chi connectivity index (χ4n) is 3.97. The van der Waals surface area contributed by atoms with E-state index in [9.17, 15) is 14.0 Å². The second-order valence-electron chi connectivity index (χ2n) is 7.58. The maximum absolute atomic E-state index is 13.9. The molecule has 1 aromatic heterocycles. The molecule has 1 atom stereocenters. The lowest BCUT2D eigenvalue weighted by Gasteiger charge is -2.33. The van der Waals surface area contributed by atoms with Gasteiger partial charge in [0.15, 0.2) is 11.6 Å². The molecule has 3 heterocycles. The van der Waals surface area contributed by atoms with E-state index in [4.69, 9.17) is 9.47 Å². The number of nitrogens with zero attached hydrogens (tertiary/aromatic N) is 3. The number of piperidine rings is 1. The van der Waals surface area contributed by atoms with Gasteiger partial charge in [0.2, 0.25) is 5.91 Å². The number of halogens is 1. The standard InChI is InChI=1S/C21H25FN4O4/c1-29-18-3-2-14(12-17(18)22)21(28)25-9-5-16(6-10-25)26-19(4-8-23-26)24-20(27)15-7-11-30-13-15/h2-4,8,12,15-16H,5-7,9-11,13H2,1H3,(H,24,27)/t15-/m1/s1. The lowest BCUT2D eigenvalue weighted by Crippen LogP contribution is -2.39. The van der Waals surface area contributed by atoms with Crippen LogP contribution in [0.5, 0.6) is 5.75 Å². The van der Waals surface area contributed by atoms with E-state index in [1.807, 2.05) is 4.68 Å². The van der Waals surface area contributed by atoms with Crippen molar-refractivity contribution < 1.29 is 23.5 Å². The van der Waals surface area contributed by atoms with E-state index in [0.717, 1.165) is 6.42 Å². The molecule has 9 heteroatoms. The van der Waals surface area contributed by atoms with E-state index in [1.54, 1.807) is 23.2 Å². The molecule has 4 rings (SSSR count). The molecule has 2 aliphatic rings. The highest BCUT2D eigenvalue weighted by molar-refractivity contribution is 5.94. The zero-order valence-electron chi connectivity index (χ0n) is 16.8. The van der Waals surface area contributed by atoms with Gasteiger partial charge in [0.1, 0.15) is 5.82 Å². The molecule has 2 aromatic rings. The highest BCUT2D eigenvalue weighted by atomic mass is 19.1. The number of nitrogens with one attached hydrogen (secondary N) is 1. The van der Waals surface area contributed by atoms with E-state index in [2.05, 4.69) is 10.4 Å². The highest BCUT2D eigenvalue weighted by Gasteiger charge is 2.28. The third kappa shape index (κ3) is 4.16. The summed E-state index contributed by atoms with van der Waals surface area (Å²) in [6, 6.07) is 6.10. The zero-order valence-corrected chi connectivity index (χ0v) is 16.8. The van der Waals surface area contributed by atoms with Gasteiger partial charge in [0, 0.05) is 31.3 Å². The Morgan fingerprint density at radius 1 is 1.23 bits per heavy atom. The van der Waals surface area contributed by atoms with Crippen molar-refractivity contribution in [2.75, 3.05) is 38.7 Å². The van der Waals surface area contributed by atoms with Crippen molar-refractivity contribution in [3.05, 3.63) is 41.8 Å². The summed E-state index contributed by atoms with van der Waals surface area (Å²) in [7, 11) is 1.39. The summed E-state index contributed by atoms with van der Waals surface area (Å²) in [5.74, 6) is -0.161. The van der Waals surface area contributed by atoms with Gasteiger partial charge < -0.3 is 19.7 Å². The van der Waals surface area contributed by atoms with E-state index in [0.29, 0.717) is 50.5 Å². The summed E-state index contributed by atoms with van der Waals surface area (Å²) in [5, 5.41) is 7.34. The van der Waals surface area contributed by atoms with Gasteiger partial charge >= 0.3 is 0 Å². The van der Waals surface area contributed by atoms with Crippen LogP contribution in [0.1, 0.15) is 35.7 Å². The summed E-state index contributed by atoms with van der Waals surface area (Å²) in [4.78, 5) is 26.8. The Kier molecular flexibility index (Phi) is 5.98. The average Bonchev–Trinajstić information content (AvgIpc) is 3.45. The summed E-state index contributed by atoms with van der Waals surface area (Å²) >= 11 is 0. The molecule has 1 N–H and O–H groups in total. The average molecular weight is 416 g/mol. The number of aromatic nitrogens is 2. The maximum Gasteiger partial charge on any atom is 0.253 e. The molecule has 0 bridgehead atoms. The van der Waals surface area contributed by atoms with Crippen molar-refractivity contribution in [3.63, 3.8) is 0 Å². The molecule has 8 nitrogen and oxygen atoms in total. The highest BCUT2D eigenvalue weighted by Crippen LogP contribution is 2.27. The number of hydrogen-bond donors (Lipinski definition) is 1. The number of hydrogen-bond acceptors (Lipinski definition) is 5. The topological polar surface area (TPSA) is 85.7 Å². The summed E-state index contributed by atoms with van der Waals surface area (Å²) in [6.07, 6.45) is 3.79. The van der Waals surface area contributed by atoms with Crippen LogP contribution in [0.25, 0.3) is 0 Å². The number of anilines is 1. The van der Waals surface area contributed by atoms with Gasteiger partial charge in [-0.1, -0.05) is 0 Å². The molecular weight excluding hydrogens is 391 g/mol. The molecule has 2 fully saturated rings. The van der Waals surface area contributed by atoms with Crippen LogP contribution in [0.3, 0.4) is 0 Å². The smallest absolute Gasteiger partial charge is 0.253 e. The van der Waals surface area contributed by atoms with Gasteiger partial charge in [-0.25, -0.2) is 9.07 Å². The first kappa shape index (κ1) is 20.3. The Labute approximate surface area is 173 Å². The number of carbonyl (C=O) groups is 2. The van der Waals surface area contributed by atoms with Gasteiger partial charge in [-0.3, -0.25) is 9.59 Å². The predicted octanol–water partition coefficient (Wildman–Crippen LogP) is 2.48. The Hall–Kier alpha value is -2.94. The Morgan fingerprint density at radius 2 is 2.03 bits per heavy atom. The molecule has 0 unspecified atom stereocenters. The van der Waals surface area contributed by atoms with Gasteiger partial charge in [0.25, 0.3) is 5.91 Å². The number of methoxy groups -OCH3 is 1. The normalized spacial score (nSPS) is 19.7. The van der Waals surface area contributed by atoms with Crippen LogP contribution in [0, 0.1) is 11.7 Å². The van der Waals surface area contributed by atoms with Crippen LogP contribution in [-0.4, -0.2) is 59.9 Å². The first-order valence-corrected chi connectivity index (χ1v) is 10.1. The van der Waals surface area contributed by atoms with Crippen LogP contribution in [0.2, 0.25) is 0 Å². The summed E-state index contributed by atoms with van der Waals surface area (Å²) in [5.41, 5.74) is 0.303. The molecule has 1 aromatic carbocycles. The van der Waals surface area contributed by atoms with Crippen LogP contribution in [0.4, 0.5) is 10.2 Å². The first-order chi connectivity index (χ1) is 14.6. The van der Waals surface area contributed by atoms with Crippen LogP contribution in [0.15, 0.2) is 30.5 Å². The summed E-state index contributed by atoms with van der Waals surface area (Å²) in [6.45, 7) is 2.12. The molecule has 0 aliphatic carbocycles. The van der Waals surface area contributed by atoms with Gasteiger partial charge in [-0.05, 0) is 37.5 Å². The third-order valence-corrected chi connectivity index (χ3v) is 5.72. The fourth-order valence-corrected chi connectivity index (χ4v) is 3.97. The van der Waals surface area contributed by atoms with Crippen molar-refractivity contribution in [1.82, 2.24) is 14.7 Å². The molecule has 2 aliphatic heterocycles. The molecular formula is C21H25FN4O4. The Morgan fingerprint density at radius 3 is 2.70 bits per heavy atom. The molecule has 2 saturated heterocycles. The molecule has 0 radical (unpaired) electrons. The second-order valence-corrected chi connectivity index (χ2v) is 7.58. The fraction of sp³-hybridized carbons (Fsp3) is 0.476. The zero-order chi connectivity index (χ0) is 21.1. The third-order valence-electron chi connectivity index (χ3n) is 5.72. The molecule has 2 amide bonds. The lowest BCUT2D eigenvalue weighted by atomic mass is 10.0. The molecule has 30 heavy (non-hydrogen) atoms. The maximum atomic E-state index is 13.9. The van der Waals surface area contributed by atoms with Crippen molar-refractivity contribution in [2.24, 2.45) is 5.92 Å². The number of amides is 2. The van der Waals surface area contributed by atoms with Crippen LogP contribution < -0.4 is 10.1 Å². The quantitative estimate of drug-likeness (QED) is 0.809. The van der Waals surface area contributed by atoms with Crippen molar-refractivity contribution in [3.8, 4) is 5.75 Å². The van der Waals surface area contributed by atoms with E-state index in [1.165, 1.54) is 19.2 Å². The lowest BCUT2D eigenvalue weighted by molar-refractivity contribution is -0.119. The van der Waals surface area contributed by atoms with Gasteiger partial charge in [-0.2, -0.15) is 5.10 Å². The van der Waals surface area contributed by atoms with Gasteiger partial charge in [0.05, 0.1) is 31.9 Å². The van der Waals surface area contributed by atoms with E-state index < -0.39 is 5.82 Å². The molecule has 0 spiro atoms.